The molecule has 0 radical (unpaired) electrons. The van der Waals surface area contributed by atoms with Gasteiger partial charge in [0.05, 0.1) is 11.3 Å². The Morgan fingerprint density at radius 3 is 2.43 bits per heavy atom. The fourth-order valence-corrected chi connectivity index (χ4v) is 4.54. The first-order valence-corrected chi connectivity index (χ1v) is 10.7. The minimum Gasteiger partial charge on any atom is -0.378 e. The first-order chi connectivity index (χ1) is 13.4. The monoisotopic (exact) mass is 399 g/mol. The molecule has 150 valence electrons. The van der Waals surface area contributed by atoms with Crippen LogP contribution >= 0.6 is 11.5 Å². The lowest BCUT2D eigenvalue weighted by Gasteiger charge is -2.31. The standard InChI is InChI=1S/C22H29N3O2S/c1-14(2)13-16-5-7-17(8-6-16)20(26)18-9-11-25(12-10-18)22(27)19-15(3)24-28-21(19)23-4/h5-8,14,18,23H,9-13H2,1-4H3. The minimum absolute atomic E-state index is 0.00883. The fourth-order valence-electron chi connectivity index (χ4n) is 3.81. The molecule has 1 amide bonds. The van der Waals surface area contributed by atoms with Gasteiger partial charge in [0.2, 0.25) is 0 Å². The van der Waals surface area contributed by atoms with E-state index in [0.29, 0.717) is 37.4 Å². The largest absolute Gasteiger partial charge is 0.378 e. The van der Waals surface area contributed by atoms with Crippen LogP contribution in [-0.2, 0) is 6.42 Å². The van der Waals surface area contributed by atoms with Gasteiger partial charge in [-0.05, 0) is 49.2 Å². The van der Waals surface area contributed by atoms with Gasteiger partial charge in [-0.25, -0.2) is 0 Å². The molecule has 0 bridgehead atoms. The second-order valence-electron chi connectivity index (χ2n) is 7.95. The number of anilines is 1. The molecule has 0 aliphatic carbocycles. The van der Waals surface area contributed by atoms with E-state index in [1.54, 1.807) is 7.05 Å². The lowest BCUT2D eigenvalue weighted by molar-refractivity contribution is 0.0650. The number of ketones is 1. The van der Waals surface area contributed by atoms with E-state index < -0.39 is 0 Å². The average Bonchev–Trinajstić information content (AvgIpc) is 3.07. The van der Waals surface area contributed by atoms with Gasteiger partial charge in [-0.1, -0.05) is 38.1 Å². The van der Waals surface area contributed by atoms with Gasteiger partial charge in [-0.15, -0.1) is 0 Å². The van der Waals surface area contributed by atoms with Crippen molar-refractivity contribution < 1.29 is 9.59 Å². The van der Waals surface area contributed by atoms with Crippen molar-refractivity contribution in [1.82, 2.24) is 9.27 Å². The van der Waals surface area contributed by atoms with Crippen LogP contribution in [0.5, 0.6) is 0 Å². The molecule has 2 aromatic rings. The average molecular weight is 400 g/mol. The normalized spacial score (nSPS) is 15.1. The third kappa shape index (κ3) is 4.43. The Balaban J connectivity index is 1.61. The first kappa shape index (κ1) is 20.5. The van der Waals surface area contributed by atoms with Crippen molar-refractivity contribution in [1.29, 1.82) is 0 Å². The van der Waals surface area contributed by atoms with Crippen LogP contribution in [0, 0.1) is 18.8 Å². The van der Waals surface area contributed by atoms with E-state index >= 15 is 0 Å². The number of Topliss-reactive ketones (excluding diaryl/α,β-unsaturated/α-hetero) is 1. The Bertz CT molecular complexity index is 834. The minimum atomic E-state index is -0.00883. The van der Waals surface area contributed by atoms with Gasteiger partial charge in [0.15, 0.2) is 5.78 Å². The number of benzene rings is 1. The molecule has 1 fully saturated rings. The predicted octanol–water partition coefficient (Wildman–Crippen LogP) is 4.43. The Morgan fingerprint density at radius 1 is 1.21 bits per heavy atom. The molecule has 1 aromatic carbocycles. The van der Waals surface area contributed by atoms with Gasteiger partial charge in [-0.2, -0.15) is 4.37 Å². The van der Waals surface area contributed by atoms with Crippen molar-refractivity contribution in [3.8, 4) is 0 Å². The van der Waals surface area contributed by atoms with Gasteiger partial charge in [-0.3, -0.25) is 9.59 Å². The van der Waals surface area contributed by atoms with Gasteiger partial charge in [0.25, 0.3) is 5.91 Å². The van der Waals surface area contributed by atoms with Gasteiger partial charge in [0, 0.05) is 31.6 Å². The number of rotatable bonds is 6. The van der Waals surface area contributed by atoms with E-state index in [9.17, 15) is 9.59 Å². The molecule has 28 heavy (non-hydrogen) atoms. The summed E-state index contributed by atoms with van der Waals surface area (Å²) >= 11 is 1.31. The van der Waals surface area contributed by atoms with Gasteiger partial charge >= 0.3 is 0 Å². The third-order valence-electron chi connectivity index (χ3n) is 5.34. The summed E-state index contributed by atoms with van der Waals surface area (Å²) in [6, 6.07) is 8.04. The van der Waals surface area contributed by atoms with Crippen LogP contribution in [0.4, 0.5) is 5.00 Å². The van der Waals surface area contributed by atoms with E-state index in [1.807, 2.05) is 24.0 Å². The Kier molecular flexibility index (Phi) is 6.50. The molecule has 1 N–H and O–H groups in total. The van der Waals surface area contributed by atoms with Crippen molar-refractivity contribution in [2.75, 3.05) is 25.5 Å². The van der Waals surface area contributed by atoms with E-state index in [-0.39, 0.29) is 17.6 Å². The number of carbonyl (C=O) groups is 2. The summed E-state index contributed by atoms with van der Waals surface area (Å²) in [5, 5.41) is 3.86. The maximum Gasteiger partial charge on any atom is 0.258 e. The SMILES string of the molecule is CNc1snc(C)c1C(=O)N1CCC(C(=O)c2ccc(CC(C)C)cc2)CC1. The molecular weight excluding hydrogens is 370 g/mol. The van der Waals surface area contributed by atoms with Crippen molar-refractivity contribution in [3.63, 3.8) is 0 Å². The summed E-state index contributed by atoms with van der Waals surface area (Å²) in [5.41, 5.74) is 3.48. The van der Waals surface area contributed by atoms with Crippen LogP contribution in [0.3, 0.4) is 0 Å². The van der Waals surface area contributed by atoms with Crippen molar-refractivity contribution in [2.24, 2.45) is 11.8 Å². The number of hydrogen-bond acceptors (Lipinski definition) is 5. The lowest BCUT2D eigenvalue weighted by atomic mass is 9.88. The van der Waals surface area contributed by atoms with E-state index in [0.717, 1.165) is 22.7 Å². The number of hydrogen-bond donors (Lipinski definition) is 1. The summed E-state index contributed by atoms with van der Waals surface area (Å²) in [6.07, 6.45) is 2.45. The quantitative estimate of drug-likeness (QED) is 0.730. The molecule has 2 heterocycles. The zero-order valence-electron chi connectivity index (χ0n) is 17.1. The zero-order chi connectivity index (χ0) is 20.3. The topological polar surface area (TPSA) is 62.3 Å². The zero-order valence-corrected chi connectivity index (χ0v) is 17.9. The van der Waals surface area contributed by atoms with Crippen LogP contribution in [-0.4, -0.2) is 41.1 Å². The Morgan fingerprint density at radius 2 is 1.86 bits per heavy atom. The van der Waals surface area contributed by atoms with E-state index in [2.05, 4.69) is 35.7 Å². The number of amides is 1. The fraction of sp³-hybridized carbons (Fsp3) is 0.500. The Hall–Kier alpha value is -2.21. The summed E-state index contributed by atoms with van der Waals surface area (Å²) in [7, 11) is 1.81. The number of carbonyl (C=O) groups excluding carboxylic acids is 2. The number of likely N-dealkylation sites (tertiary alicyclic amines) is 1. The highest BCUT2D eigenvalue weighted by atomic mass is 32.1. The number of piperidine rings is 1. The van der Waals surface area contributed by atoms with Crippen molar-refractivity contribution >= 4 is 28.2 Å². The van der Waals surface area contributed by atoms with Crippen molar-refractivity contribution in [2.45, 2.75) is 40.0 Å². The second-order valence-corrected chi connectivity index (χ2v) is 8.72. The number of nitrogens with one attached hydrogen (secondary N) is 1. The lowest BCUT2D eigenvalue weighted by Crippen LogP contribution is -2.40. The van der Waals surface area contributed by atoms with Crippen LogP contribution in [0.15, 0.2) is 24.3 Å². The molecule has 1 aromatic heterocycles. The highest BCUT2D eigenvalue weighted by Crippen LogP contribution is 2.28. The molecule has 1 aliphatic heterocycles. The van der Waals surface area contributed by atoms with Crippen molar-refractivity contribution in [3.05, 3.63) is 46.6 Å². The number of nitrogens with zero attached hydrogens (tertiary/aromatic N) is 2. The van der Waals surface area contributed by atoms with Crippen LogP contribution in [0.2, 0.25) is 0 Å². The molecule has 0 saturated carbocycles. The van der Waals surface area contributed by atoms with E-state index in [4.69, 9.17) is 0 Å². The van der Waals surface area contributed by atoms with Gasteiger partial charge < -0.3 is 10.2 Å². The molecule has 3 rings (SSSR count). The summed E-state index contributed by atoms with van der Waals surface area (Å²) in [6.45, 7) is 7.48. The summed E-state index contributed by atoms with van der Waals surface area (Å²) in [5.74, 6) is 0.811. The molecule has 1 aliphatic rings. The molecule has 6 heteroatoms. The summed E-state index contributed by atoms with van der Waals surface area (Å²) < 4.78 is 4.29. The maximum atomic E-state index is 12.9. The Labute approximate surface area is 171 Å². The summed E-state index contributed by atoms with van der Waals surface area (Å²) in [4.78, 5) is 27.6. The molecular formula is C22H29N3O2S. The van der Waals surface area contributed by atoms with Crippen LogP contribution in [0.1, 0.15) is 58.7 Å². The maximum absolute atomic E-state index is 12.9. The molecule has 0 spiro atoms. The third-order valence-corrected chi connectivity index (χ3v) is 6.29. The molecule has 0 atom stereocenters. The molecule has 5 nitrogen and oxygen atoms in total. The van der Waals surface area contributed by atoms with E-state index in [1.165, 1.54) is 17.1 Å². The highest BCUT2D eigenvalue weighted by molar-refractivity contribution is 7.10. The van der Waals surface area contributed by atoms with Gasteiger partial charge in [0.1, 0.15) is 5.00 Å². The second kappa shape index (κ2) is 8.86. The van der Waals surface area contributed by atoms with Crippen LogP contribution in [0.25, 0.3) is 0 Å². The smallest absolute Gasteiger partial charge is 0.258 e. The highest BCUT2D eigenvalue weighted by Gasteiger charge is 2.30. The predicted molar refractivity (Wildman–Crippen MR) is 114 cm³/mol. The number of aromatic nitrogens is 1. The first-order valence-electron chi connectivity index (χ1n) is 9.97. The molecule has 1 saturated heterocycles. The van der Waals surface area contributed by atoms with Crippen LogP contribution < -0.4 is 5.32 Å². The number of aryl methyl sites for hydroxylation is 1. The molecule has 0 unspecified atom stereocenters.